The second-order valence-corrected chi connectivity index (χ2v) is 6.56. The molecule has 1 aliphatic heterocycles. The molecule has 1 heterocycles. The van der Waals surface area contributed by atoms with E-state index >= 15 is 0 Å². The first-order valence-corrected chi connectivity index (χ1v) is 8.07. The molecule has 1 aromatic rings. The van der Waals surface area contributed by atoms with Crippen LogP contribution in [0.15, 0.2) is 29.2 Å². The summed E-state index contributed by atoms with van der Waals surface area (Å²) in [5.74, 6) is -1.76. The van der Waals surface area contributed by atoms with E-state index in [2.05, 4.69) is 5.32 Å². The third-order valence-electron chi connectivity index (χ3n) is 3.13. The number of carbonyl (C=O) groups excluding carboxylic acids is 1. The summed E-state index contributed by atoms with van der Waals surface area (Å²) >= 11 is 0. The molecule has 1 atom stereocenters. The second kappa shape index (κ2) is 6.86. The Labute approximate surface area is 127 Å². The minimum atomic E-state index is -3.94. The smallest absolute Gasteiger partial charge is 0.318 e. The van der Waals surface area contributed by atoms with Crippen molar-refractivity contribution in [2.75, 3.05) is 25.1 Å². The third kappa shape index (κ3) is 4.26. The topological polar surface area (TPSA) is 122 Å². The monoisotopic (exact) mass is 328 g/mol. The van der Waals surface area contributed by atoms with E-state index in [0.717, 1.165) is 0 Å². The first kappa shape index (κ1) is 16.4. The number of anilines is 1. The van der Waals surface area contributed by atoms with Gasteiger partial charge in [-0.3, -0.25) is 9.59 Å². The number of carboxylic acid groups (broad SMARTS) is 1. The molecule has 0 saturated carbocycles. The Kier molecular flexibility index (Phi) is 5.11. The van der Waals surface area contributed by atoms with Crippen molar-refractivity contribution in [1.82, 2.24) is 4.72 Å². The normalized spacial score (nSPS) is 18.1. The number of hydrogen-bond acceptors (Lipinski definition) is 5. The van der Waals surface area contributed by atoms with Crippen LogP contribution in [0.4, 0.5) is 5.69 Å². The highest BCUT2D eigenvalue weighted by atomic mass is 32.2. The summed E-state index contributed by atoms with van der Waals surface area (Å²) < 4.78 is 30.9. The van der Waals surface area contributed by atoms with E-state index in [0.29, 0.717) is 25.3 Å². The number of sulfonamides is 1. The van der Waals surface area contributed by atoms with Gasteiger partial charge in [0.2, 0.25) is 15.9 Å². The number of carboxylic acids is 1. The van der Waals surface area contributed by atoms with E-state index in [-0.39, 0.29) is 16.7 Å². The van der Waals surface area contributed by atoms with Gasteiger partial charge in [-0.05, 0) is 24.6 Å². The van der Waals surface area contributed by atoms with Gasteiger partial charge >= 0.3 is 5.97 Å². The van der Waals surface area contributed by atoms with Gasteiger partial charge in [-0.1, -0.05) is 6.07 Å². The molecule has 9 heteroatoms. The van der Waals surface area contributed by atoms with Gasteiger partial charge in [0.1, 0.15) is 6.54 Å². The standard InChI is InChI=1S/C13H16N2O6S/c16-12(17)7-14-22(19,20)11-3-1-2-10(6-11)15-13(18)9-4-5-21-8-9/h1-3,6,9,14H,4-5,7-8H2,(H,15,18)(H,16,17). The summed E-state index contributed by atoms with van der Waals surface area (Å²) in [6.45, 7) is 0.175. The number of amides is 1. The van der Waals surface area contributed by atoms with E-state index in [1.165, 1.54) is 18.2 Å². The number of aliphatic carboxylic acids is 1. The van der Waals surface area contributed by atoms with E-state index in [1.807, 2.05) is 4.72 Å². The zero-order valence-electron chi connectivity index (χ0n) is 11.6. The lowest BCUT2D eigenvalue weighted by atomic mass is 10.1. The van der Waals surface area contributed by atoms with Gasteiger partial charge in [-0.2, -0.15) is 4.72 Å². The summed E-state index contributed by atoms with van der Waals surface area (Å²) in [5.41, 5.74) is 0.329. The van der Waals surface area contributed by atoms with E-state index in [9.17, 15) is 18.0 Å². The molecule has 1 amide bonds. The number of carbonyl (C=O) groups is 2. The highest BCUT2D eigenvalue weighted by Gasteiger charge is 2.24. The summed E-state index contributed by atoms with van der Waals surface area (Å²) in [4.78, 5) is 22.3. The van der Waals surface area contributed by atoms with Gasteiger partial charge in [0.15, 0.2) is 0 Å². The van der Waals surface area contributed by atoms with Crippen molar-refractivity contribution in [1.29, 1.82) is 0 Å². The second-order valence-electron chi connectivity index (χ2n) is 4.80. The fraction of sp³-hybridized carbons (Fsp3) is 0.385. The molecule has 1 aliphatic rings. The van der Waals surface area contributed by atoms with Crippen molar-refractivity contribution in [3.05, 3.63) is 24.3 Å². The maximum absolute atomic E-state index is 12.0. The van der Waals surface area contributed by atoms with Gasteiger partial charge in [0.25, 0.3) is 0 Å². The maximum atomic E-state index is 12.0. The van der Waals surface area contributed by atoms with E-state index < -0.39 is 22.5 Å². The molecular weight excluding hydrogens is 312 g/mol. The Morgan fingerprint density at radius 1 is 1.36 bits per heavy atom. The molecule has 0 bridgehead atoms. The minimum Gasteiger partial charge on any atom is -0.480 e. The Hall–Kier alpha value is -1.97. The maximum Gasteiger partial charge on any atom is 0.318 e. The quantitative estimate of drug-likeness (QED) is 0.677. The Morgan fingerprint density at radius 2 is 2.14 bits per heavy atom. The fourth-order valence-electron chi connectivity index (χ4n) is 1.97. The third-order valence-corrected chi connectivity index (χ3v) is 4.52. The van der Waals surface area contributed by atoms with E-state index in [1.54, 1.807) is 6.07 Å². The van der Waals surface area contributed by atoms with Crippen molar-refractivity contribution in [2.45, 2.75) is 11.3 Å². The van der Waals surface area contributed by atoms with Crippen molar-refractivity contribution in [2.24, 2.45) is 5.92 Å². The Bertz CT molecular complexity index is 667. The molecule has 1 fully saturated rings. The first-order valence-electron chi connectivity index (χ1n) is 6.58. The molecule has 3 N–H and O–H groups in total. The van der Waals surface area contributed by atoms with Crippen LogP contribution < -0.4 is 10.0 Å². The molecule has 2 rings (SSSR count). The lowest BCUT2D eigenvalue weighted by molar-refractivity contribution is -0.135. The first-order chi connectivity index (χ1) is 10.4. The van der Waals surface area contributed by atoms with Crippen LogP contribution in [0.3, 0.4) is 0 Å². The van der Waals surface area contributed by atoms with Crippen LogP contribution >= 0.6 is 0 Å². The predicted octanol–water partition coefficient (Wildman–Crippen LogP) is 0.0245. The summed E-state index contributed by atoms with van der Waals surface area (Å²) in [6, 6.07) is 5.62. The number of hydrogen-bond donors (Lipinski definition) is 3. The molecule has 0 aromatic heterocycles. The number of benzene rings is 1. The number of ether oxygens (including phenoxy) is 1. The van der Waals surface area contributed by atoms with Gasteiger partial charge in [-0.15, -0.1) is 0 Å². The zero-order chi connectivity index (χ0) is 16.2. The Balaban J connectivity index is 2.09. The van der Waals surface area contributed by atoms with Crippen LogP contribution in [0.2, 0.25) is 0 Å². The van der Waals surface area contributed by atoms with Crippen LogP contribution in [0.25, 0.3) is 0 Å². The predicted molar refractivity (Wildman–Crippen MR) is 76.8 cm³/mol. The molecule has 22 heavy (non-hydrogen) atoms. The molecule has 8 nitrogen and oxygen atoms in total. The number of nitrogens with one attached hydrogen (secondary N) is 2. The van der Waals surface area contributed by atoms with Gasteiger partial charge in [-0.25, -0.2) is 8.42 Å². The summed E-state index contributed by atoms with van der Waals surface area (Å²) in [7, 11) is -3.94. The van der Waals surface area contributed by atoms with Crippen LogP contribution in [-0.4, -0.2) is 45.2 Å². The van der Waals surface area contributed by atoms with Crippen molar-refractivity contribution in [3.63, 3.8) is 0 Å². The molecule has 0 radical (unpaired) electrons. The largest absolute Gasteiger partial charge is 0.480 e. The zero-order valence-corrected chi connectivity index (χ0v) is 12.4. The molecule has 1 saturated heterocycles. The average molecular weight is 328 g/mol. The molecule has 1 aromatic carbocycles. The van der Waals surface area contributed by atoms with Gasteiger partial charge in [0.05, 0.1) is 17.4 Å². The fourth-order valence-corrected chi connectivity index (χ4v) is 2.99. The SMILES string of the molecule is O=C(O)CNS(=O)(=O)c1cccc(NC(=O)C2CCOC2)c1. The Morgan fingerprint density at radius 3 is 2.77 bits per heavy atom. The molecule has 0 spiro atoms. The van der Waals surface area contributed by atoms with Crippen LogP contribution in [0, 0.1) is 5.92 Å². The lowest BCUT2D eigenvalue weighted by Crippen LogP contribution is -2.29. The van der Waals surface area contributed by atoms with Crippen LogP contribution in [0.1, 0.15) is 6.42 Å². The summed E-state index contributed by atoms with van der Waals surface area (Å²) in [5, 5.41) is 11.2. The number of rotatable bonds is 6. The van der Waals surface area contributed by atoms with Crippen molar-refractivity contribution < 1.29 is 27.9 Å². The van der Waals surface area contributed by atoms with Crippen LogP contribution in [0.5, 0.6) is 0 Å². The highest BCUT2D eigenvalue weighted by molar-refractivity contribution is 7.89. The van der Waals surface area contributed by atoms with Gasteiger partial charge in [0, 0.05) is 12.3 Å². The molecule has 1 unspecified atom stereocenters. The van der Waals surface area contributed by atoms with Gasteiger partial charge < -0.3 is 15.2 Å². The molecule has 120 valence electrons. The molecule has 0 aliphatic carbocycles. The minimum absolute atomic E-state index is 0.116. The van der Waals surface area contributed by atoms with Crippen molar-refractivity contribution >= 4 is 27.6 Å². The van der Waals surface area contributed by atoms with Crippen LogP contribution in [-0.2, 0) is 24.3 Å². The average Bonchev–Trinajstić information content (AvgIpc) is 3.00. The van der Waals surface area contributed by atoms with Crippen molar-refractivity contribution in [3.8, 4) is 0 Å². The summed E-state index contributed by atoms with van der Waals surface area (Å²) in [6.07, 6.45) is 0.629. The van der Waals surface area contributed by atoms with E-state index in [4.69, 9.17) is 9.84 Å². The molecular formula is C13H16N2O6S. The highest BCUT2D eigenvalue weighted by Crippen LogP contribution is 2.18. The lowest BCUT2D eigenvalue weighted by Gasteiger charge is -2.11.